The van der Waals surface area contributed by atoms with Crippen LogP contribution in [-0.2, 0) is 18.4 Å². The van der Waals surface area contributed by atoms with E-state index in [4.69, 9.17) is 9.97 Å². The molecule has 5 heterocycles. The van der Waals surface area contributed by atoms with E-state index in [1.165, 1.54) is 0 Å². The zero-order valence-electron chi connectivity index (χ0n) is 27.7. The Bertz CT molecular complexity index is 1830. The van der Waals surface area contributed by atoms with Gasteiger partial charge in [0.2, 0.25) is 11.9 Å². The first-order chi connectivity index (χ1) is 23.9. The van der Waals surface area contributed by atoms with Gasteiger partial charge in [0.15, 0.2) is 5.82 Å². The normalized spacial score (nSPS) is 22.0. The number of nitrogens with one attached hydrogen (secondary N) is 3. The summed E-state index contributed by atoms with van der Waals surface area (Å²) < 4.78 is 1.75. The summed E-state index contributed by atoms with van der Waals surface area (Å²) in [5, 5.41) is 23.7. The SMILES string of the molecule is Cn1cc(-c2ccc(N(C(=O)NCc3ccccc3)C3CCC(Nc4ncc(C#N)c(N5CCCC6(CNC(=O)C6)C5)n4)CC3)nc2)cn1. The van der Waals surface area contributed by atoms with Crippen LogP contribution in [0.25, 0.3) is 11.1 Å². The second kappa shape index (κ2) is 13.9. The molecule has 1 unspecified atom stereocenters. The predicted octanol–water partition coefficient (Wildman–Crippen LogP) is 4.39. The first-order valence-corrected chi connectivity index (χ1v) is 17.0. The van der Waals surface area contributed by atoms with Crippen molar-refractivity contribution in [1.29, 1.82) is 5.26 Å². The number of aryl methyl sites for hydroxylation is 1. The van der Waals surface area contributed by atoms with Gasteiger partial charge in [-0.25, -0.2) is 14.8 Å². The average molecular weight is 660 g/mol. The summed E-state index contributed by atoms with van der Waals surface area (Å²) >= 11 is 0. The Balaban J connectivity index is 1.04. The van der Waals surface area contributed by atoms with Gasteiger partial charge in [-0.3, -0.25) is 14.4 Å². The number of benzene rings is 1. The molecular weight excluding hydrogens is 618 g/mol. The Hall–Kier alpha value is -5.51. The second-order valence-corrected chi connectivity index (χ2v) is 13.5. The molecule has 1 atom stereocenters. The van der Waals surface area contributed by atoms with Gasteiger partial charge in [-0.1, -0.05) is 30.3 Å². The third kappa shape index (κ3) is 7.18. The highest BCUT2D eigenvalue weighted by Gasteiger charge is 2.42. The van der Waals surface area contributed by atoms with Crippen LogP contribution in [0.4, 0.5) is 22.4 Å². The van der Waals surface area contributed by atoms with Crippen molar-refractivity contribution in [2.45, 2.75) is 63.6 Å². The molecule has 2 saturated heterocycles. The van der Waals surface area contributed by atoms with Crippen molar-refractivity contribution in [2.24, 2.45) is 12.5 Å². The zero-order valence-corrected chi connectivity index (χ0v) is 27.7. The van der Waals surface area contributed by atoms with Gasteiger partial charge in [-0.2, -0.15) is 15.3 Å². The standard InChI is InChI=1S/C36H41N11O2/c1-45-22-28(21-42-45)26-8-13-31(38-19-26)47(35(49)40-18-25-6-3-2-4-7-25)30-11-9-29(10-12-30)43-34-39-20-27(17-37)33(44-34)46-15-5-14-36(24-46)16-32(48)41-23-36/h2-4,6-8,13,19-22,29-30H,5,9-12,14-16,18,23-24H2,1H3,(H,40,49)(H,41,48)(H,39,43,44). The van der Waals surface area contributed by atoms with Crippen LogP contribution in [0.15, 0.2) is 67.3 Å². The molecule has 2 aliphatic heterocycles. The lowest BCUT2D eigenvalue weighted by Gasteiger charge is -2.40. The molecule has 13 nitrogen and oxygen atoms in total. The van der Waals surface area contributed by atoms with Crippen molar-refractivity contribution in [1.82, 2.24) is 35.4 Å². The van der Waals surface area contributed by atoms with E-state index in [2.05, 4.69) is 37.0 Å². The van der Waals surface area contributed by atoms with Crippen molar-refractivity contribution in [2.75, 3.05) is 34.8 Å². The van der Waals surface area contributed by atoms with E-state index in [0.29, 0.717) is 49.2 Å². The Labute approximate surface area is 285 Å². The van der Waals surface area contributed by atoms with Crippen LogP contribution >= 0.6 is 0 Å². The van der Waals surface area contributed by atoms with Gasteiger partial charge in [0, 0.05) is 80.7 Å². The molecule has 7 rings (SSSR count). The molecule has 3 amide bonds. The Morgan fingerprint density at radius 3 is 2.61 bits per heavy atom. The molecule has 3 fully saturated rings. The van der Waals surface area contributed by atoms with Gasteiger partial charge in [0.1, 0.15) is 17.5 Å². The number of anilines is 3. The van der Waals surface area contributed by atoms with Crippen molar-refractivity contribution >= 4 is 29.5 Å². The van der Waals surface area contributed by atoms with Crippen LogP contribution in [0.5, 0.6) is 0 Å². The first kappa shape index (κ1) is 32.1. The van der Waals surface area contributed by atoms with E-state index in [1.807, 2.05) is 55.7 Å². The molecule has 3 aliphatic rings. The quantitative estimate of drug-likeness (QED) is 0.250. The fourth-order valence-corrected chi connectivity index (χ4v) is 7.44. The van der Waals surface area contributed by atoms with Crippen LogP contribution in [0.2, 0.25) is 0 Å². The monoisotopic (exact) mass is 659 g/mol. The van der Waals surface area contributed by atoms with Crippen LogP contribution in [0.3, 0.4) is 0 Å². The topological polar surface area (TPSA) is 157 Å². The van der Waals surface area contributed by atoms with Crippen LogP contribution in [0, 0.1) is 16.7 Å². The summed E-state index contributed by atoms with van der Waals surface area (Å²) in [6.07, 6.45) is 12.7. The molecule has 13 heteroatoms. The van der Waals surface area contributed by atoms with Gasteiger partial charge in [0.05, 0.1) is 12.4 Å². The number of aromatic nitrogens is 5. The zero-order chi connectivity index (χ0) is 33.8. The van der Waals surface area contributed by atoms with Gasteiger partial charge in [-0.15, -0.1) is 0 Å². The number of hydrogen-bond donors (Lipinski definition) is 3. The molecule has 1 spiro atoms. The minimum atomic E-state index is -0.180. The number of carbonyl (C=O) groups is 2. The molecule has 3 N–H and O–H groups in total. The van der Waals surface area contributed by atoms with E-state index in [1.54, 1.807) is 28.2 Å². The van der Waals surface area contributed by atoms with Crippen molar-refractivity contribution in [3.8, 4) is 17.2 Å². The number of piperidine rings is 1. The molecule has 3 aromatic heterocycles. The van der Waals surface area contributed by atoms with Gasteiger partial charge in [0.25, 0.3) is 0 Å². The molecule has 1 aliphatic carbocycles. The number of amides is 3. The number of urea groups is 1. The van der Waals surface area contributed by atoms with Gasteiger partial charge in [-0.05, 0) is 56.2 Å². The highest BCUT2D eigenvalue weighted by atomic mass is 16.2. The Kier molecular flexibility index (Phi) is 9.11. The summed E-state index contributed by atoms with van der Waals surface area (Å²) in [7, 11) is 1.88. The summed E-state index contributed by atoms with van der Waals surface area (Å²) in [4.78, 5) is 43.8. The minimum Gasteiger partial charge on any atom is -0.355 e. The van der Waals surface area contributed by atoms with Crippen LogP contribution < -0.4 is 25.8 Å². The van der Waals surface area contributed by atoms with E-state index in [0.717, 1.165) is 61.8 Å². The summed E-state index contributed by atoms with van der Waals surface area (Å²) in [6, 6.07) is 15.9. The molecule has 0 radical (unpaired) electrons. The Morgan fingerprint density at radius 2 is 1.92 bits per heavy atom. The highest BCUT2D eigenvalue weighted by Crippen LogP contribution is 2.38. The van der Waals surface area contributed by atoms with E-state index < -0.39 is 0 Å². The molecular formula is C36H41N11O2. The molecule has 1 saturated carbocycles. The molecule has 1 aromatic carbocycles. The van der Waals surface area contributed by atoms with Gasteiger partial charge < -0.3 is 20.9 Å². The number of hydrogen-bond acceptors (Lipinski definition) is 9. The molecule has 49 heavy (non-hydrogen) atoms. The molecule has 252 valence electrons. The smallest absolute Gasteiger partial charge is 0.323 e. The number of rotatable bonds is 8. The fraction of sp³-hybridized carbons (Fsp3) is 0.417. The van der Waals surface area contributed by atoms with Crippen LogP contribution in [0.1, 0.15) is 56.1 Å². The maximum absolute atomic E-state index is 13.8. The lowest BCUT2D eigenvalue weighted by molar-refractivity contribution is -0.119. The number of carbonyl (C=O) groups excluding carboxylic acids is 2. The largest absolute Gasteiger partial charge is 0.355 e. The average Bonchev–Trinajstić information content (AvgIpc) is 3.73. The lowest BCUT2D eigenvalue weighted by Crippen LogP contribution is -2.49. The minimum absolute atomic E-state index is 0.0460. The van der Waals surface area contributed by atoms with E-state index >= 15 is 0 Å². The summed E-state index contributed by atoms with van der Waals surface area (Å²) in [6.45, 7) is 2.55. The summed E-state index contributed by atoms with van der Waals surface area (Å²) in [5.41, 5.74) is 3.24. The van der Waals surface area contributed by atoms with Crippen molar-refractivity contribution in [3.05, 3.63) is 78.4 Å². The molecule has 0 bridgehead atoms. The molecule has 4 aromatic rings. The van der Waals surface area contributed by atoms with Crippen molar-refractivity contribution in [3.63, 3.8) is 0 Å². The summed E-state index contributed by atoms with van der Waals surface area (Å²) in [5.74, 6) is 1.80. The number of nitriles is 1. The third-order valence-electron chi connectivity index (χ3n) is 9.98. The lowest BCUT2D eigenvalue weighted by atomic mass is 9.79. The van der Waals surface area contributed by atoms with E-state index in [-0.39, 0.29) is 29.4 Å². The fourth-order valence-electron chi connectivity index (χ4n) is 7.44. The third-order valence-corrected chi connectivity index (χ3v) is 9.98. The second-order valence-electron chi connectivity index (χ2n) is 13.5. The Morgan fingerprint density at radius 1 is 1.08 bits per heavy atom. The number of nitrogens with zero attached hydrogens (tertiary/aromatic N) is 8. The predicted molar refractivity (Wildman–Crippen MR) is 186 cm³/mol. The highest BCUT2D eigenvalue weighted by molar-refractivity contribution is 5.91. The van der Waals surface area contributed by atoms with Gasteiger partial charge >= 0.3 is 6.03 Å². The van der Waals surface area contributed by atoms with Crippen molar-refractivity contribution < 1.29 is 9.59 Å². The first-order valence-electron chi connectivity index (χ1n) is 17.0. The van der Waals surface area contributed by atoms with Crippen LogP contribution in [-0.4, -0.2) is 68.4 Å². The maximum atomic E-state index is 13.8. The van der Waals surface area contributed by atoms with E-state index in [9.17, 15) is 14.9 Å². The number of pyridine rings is 1. The maximum Gasteiger partial charge on any atom is 0.323 e.